The van der Waals surface area contributed by atoms with E-state index in [0.717, 1.165) is 89.9 Å². The summed E-state index contributed by atoms with van der Waals surface area (Å²) < 4.78 is 17.1. The molecule has 0 aliphatic heterocycles. The Bertz CT molecular complexity index is 884. The molecule has 0 amide bonds. The van der Waals surface area contributed by atoms with Gasteiger partial charge in [-0.25, -0.2) is 0 Å². The monoisotopic (exact) mass is 699 g/mol. The fourth-order valence-electron chi connectivity index (χ4n) is 5.44. The number of esters is 2. The number of carbonyl (C=O) groups excluding carboxylic acids is 2. The molecule has 0 heterocycles. The van der Waals surface area contributed by atoms with E-state index >= 15 is 0 Å². The molecule has 5 heteroatoms. The van der Waals surface area contributed by atoms with Crippen LogP contribution in [0.5, 0.6) is 0 Å². The first-order valence-electron chi connectivity index (χ1n) is 20.8. The van der Waals surface area contributed by atoms with Gasteiger partial charge in [0.25, 0.3) is 0 Å². The van der Waals surface area contributed by atoms with Crippen LogP contribution in [0, 0.1) is 0 Å². The molecule has 0 radical (unpaired) electrons. The number of carbonyl (C=O) groups is 2. The summed E-state index contributed by atoms with van der Waals surface area (Å²) in [6, 6.07) is 0. The molecule has 1 unspecified atom stereocenters. The van der Waals surface area contributed by atoms with Crippen molar-refractivity contribution >= 4 is 11.9 Å². The van der Waals surface area contributed by atoms with E-state index in [1.165, 1.54) is 64.2 Å². The van der Waals surface area contributed by atoms with Crippen molar-refractivity contribution in [1.82, 2.24) is 0 Å². The molecule has 0 saturated heterocycles. The highest BCUT2D eigenvalue weighted by molar-refractivity contribution is 5.70. The lowest BCUT2D eigenvalue weighted by molar-refractivity contribution is -0.163. The lowest BCUT2D eigenvalue weighted by Crippen LogP contribution is -2.30. The SMILES string of the molecule is CC/C=C\C/C=C\C/C=C\CCCCCCCC(=O)OCC(COCCCCCCCC)OC(=O)CCCCCCC/C=C\C/C=C\CCC. The van der Waals surface area contributed by atoms with E-state index in [9.17, 15) is 9.59 Å². The Morgan fingerprint density at radius 2 is 0.940 bits per heavy atom. The molecule has 0 aliphatic carbocycles. The van der Waals surface area contributed by atoms with Crippen molar-refractivity contribution in [1.29, 1.82) is 0 Å². The van der Waals surface area contributed by atoms with E-state index in [2.05, 4.69) is 81.5 Å². The van der Waals surface area contributed by atoms with Crippen molar-refractivity contribution in [2.24, 2.45) is 0 Å². The summed E-state index contributed by atoms with van der Waals surface area (Å²) in [5, 5.41) is 0. The van der Waals surface area contributed by atoms with Gasteiger partial charge < -0.3 is 14.2 Å². The van der Waals surface area contributed by atoms with Gasteiger partial charge in [0, 0.05) is 19.4 Å². The van der Waals surface area contributed by atoms with Gasteiger partial charge in [0.05, 0.1) is 6.61 Å². The van der Waals surface area contributed by atoms with Crippen LogP contribution in [0.2, 0.25) is 0 Å². The van der Waals surface area contributed by atoms with Crippen molar-refractivity contribution in [3.8, 4) is 0 Å². The number of hydrogen-bond acceptors (Lipinski definition) is 5. The molecule has 288 valence electrons. The Morgan fingerprint density at radius 3 is 1.52 bits per heavy atom. The molecule has 0 bridgehead atoms. The van der Waals surface area contributed by atoms with Gasteiger partial charge in [-0.05, 0) is 77.0 Å². The summed E-state index contributed by atoms with van der Waals surface area (Å²) in [4.78, 5) is 25.1. The average Bonchev–Trinajstić information content (AvgIpc) is 3.11. The molecule has 0 aromatic rings. The smallest absolute Gasteiger partial charge is 0.306 e. The van der Waals surface area contributed by atoms with E-state index in [-0.39, 0.29) is 25.2 Å². The van der Waals surface area contributed by atoms with Crippen molar-refractivity contribution in [3.63, 3.8) is 0 Å². The first-order valence-corrected chi connectivity index (χ1v) is 20.8. The summed E-state index contributed by atoms with van der Waals surface area (Å²) in [5.41, 5.74) is 0. The Balaban J connectivity index is 4.20. The van der Waals surface area contributed by atoms with Gasteiger partial charge in [-0.2, -0.15) is 0 Å². The molecule has 0 N–H and O–H groups in total. The van der Waals surface area contributed by atoms with Crippen LogP contribution in [0.4, 0.5) is 0 Å². The minimum atomic E-state index is -0.545. The zero-order valence-corrected chi connectivity index (χ0v) is 32.9. The molecule has 0 fully saturated rings. The molecular weight excluding hydrogens is 620 g/mol. The van der Waals surface area contributed by atoms with Gasteiger partial charge >= 0.3 is 11.9 Å². The van der Waals surface area contributed by atoms with E-state index in [4.69, 9.17) is 14.2 Å². The molecule has 0 aromatic carbocycles. The van der Waals surface area contributed by atoms with Crippen LogP contribution in [-0.2, 0) is 23.8 Å². The van der Waals surface area contributed by atoms with Gasteiger partial charge in [-0.15, -0.1) is 0 Å². The summed E-state index contributed by atoms with van der Waals surface area (Å²) in [6.45, 7) is 7.57. The van der Waals surface area contributed by atoms with Crippen LogP contribution in [-0.4, -0.2) is 37.9 Å². The number of hydrogen-bond donors (Lipinski definition) is 0. The second-order valence-corrected chi connectivity index (χ2v) is 13.5. The molecule has 1 atom stereocenters. The number of rotatable bonds is 37. The van der Waals surface area contributed by atoms with Gasteiger partial charge in [0.1, 0.15) is 6.61 Å². The highest BCUT2D eigenvalue weighted by atomic mass is 16.6. The largest absolute Gasteiger partial charge is 0.462 e. The molecule has 0 aliphatic rings. The summed E-state index contributed by atoms with van der Waals surface area (Å²) >= 11 is 0. The third-order valence-electron chi connectivity index (χ3n) is 8.52. The Morgan fingerprint density at radius 1 is 0.460 bits per heavy atom. The molecule has 5 nitrogen and oxygen atoms in total. The second kappa shape index (κ2) is 41.0. The maximum absolute atomic E-state index is 12.6. The molecule has 0 saturated carbocycles. The standard InChI is InChI=1S/C45H78O5/c1-4-7-10-13-16-18-20-22-23-25-26-28-30-32-35-38-44(46)49-42-43(41-48-40-37-34-15-12-9-6-3)50-45(47)39-36-33-31-29-27-24-21-19-17-14-11-8-5-2/h7,10-11,14,16,18-19,21-23,43H,4-6,8-9,12-13,15,17,20,24-42H2,1-3H3/b10-7-,14-11-,18-16-,21-19-,23-22-. The quantitative estimate of drug-likeness (QED) is 0.0367. The third kappa shape index (κ3) is 38.4. The number of allylic oxidation sites excluding steroid dienone is 10. The average molecular weight is 699 g/mol. The topological polar surface area (TPSA) is 61.8 Å². The Hall–Kier alpha value is -2.40. The fourth-order valence-corrected chi connectivity index (χ4v) is 5.44. The fraction of sp³-hybridized carbons (Fsp3) is 0.733. The minimum Gasteiger partial charge on any atom is -0.462 e. The van der Waals surface area contributed by atoms with Crippen LogP contribution >= 0.6 is 0 Å². The predicted molar refractivity (Wildman–Crippen MR) is 214 cm³/mol. The highest BCUT2D eigenvalue weighted by Gasteiger charge is 2.17. The molecule has 50 heavy (non-hydrogen) atoms. The van der Waals surface area contributed by atoms with Gasteiger partial charge in [0.15, 0.2) is 6.10 Å². The van der Waals surface area contributed by atoms with E-state index in [1.807, 2.05) is 0 Å². The maximum Gasteiger partial charge on any atom is 0.306 e. The van der Waals surface area contributed by atoms with E-state index < -0.39 is 6.10 Å². The van der Waals surface area contributed by atoms with Crippen molar-refractivity contribution < 1.29 is 23.8 Å². The normalized spacial score (nSPS) is 12.8. The molecule has 0 spiro atoms. The van der Waals surface area contributed by atoms with Crippen molar-refractivity contribution in [2.45, 2.75) is 194 Å². The summed E-state index contributed by atoms with van der Waals surface area (Å²) in [6.07, 6.45) is 49.3. The second-order valence-electron chi connectivity index (χ2n) is 13.5. The Labute approximate surface area is 309 Å². The van der Waals surface area contributed by atoms with E-state index in [1.54, 1.807) is 0 Å². The first-order chi connectivity index (χ1) is 24.6. The lowest BCUT2D eigenvalue weighted by Gasteiger charge is -2.18. The van der Waals surface area contributed by atoms with Crippen LogP contribution in [0.3, 0.4) is 0 Å². The third-order valence-corrected chi connectivity index (χ3v) is 8.52. The molecule has 0 aromatic heterocycles. The molecular formula is C45H78O5. The first kappa shape index (κ1) is 47.6. The van der Waals surface area contributed by atoms with Crippen LogP contribution in [0.1, 0.15) is 188 Å². The van der Waals surface area contributed by atoms with E-state index in [0.29, 0.717) is 19.4 Å². The summed E-state index contributed by atoms with van der Waals surface area (Å²) in [5.74, 6) is -0.439. The predicted octanol–water partition coefficient (Wildman–Crippen LogP) is 13.4. The lowest BCUT2D eigenvalue weighted by atomic mass is 10.1. The number of ether oxygens (including phenoxy) is 3. The molecule has 0 rings (SSSR count). The van der Waals surface area contributed by atoms with Gasteiger partial charge in [0.2, 0.25) is 0 Å². The zero-order valence-electron chi connectivity index (χ0n) is 32.9. The zero-order chi connectivity index (χ0) is 36.4. The Kier molecular flexibility index (Phi) is 39.1. The number of unbranched alkanes of at least 4 members (excludes halogenated alkanes) is 16. The van der Waals surface area contributed by atoms with Gasteiger partial charge in [-0.1, -0.05) is 159 Å². The van der Waals surface area contributed by atoms with Crippen LogP contribution in [0.15, 0.2) is 60.8 Å². The van der Waals surface area contributed by atoms with Crippen molar-refractivity contribution in [2.75, 3.05) is 19.8 Å². The summed E-state index contributed by atoms with van der Waals surface area (Å²) in [7, 11) is 0. The van der Waals surface area contributed by atoms with Crippen LogP contribution in [0.25, 0.3) is 0 Å². The van der Waals surface area contributed by atoms with Crippen LogP contribution < -0.4 is 0 Å². The maximum atomic E-state index is 12.6. The minimum absolute atomic E-state index is 0.0694. The van der Waals surface area contributed by atoms with Gasteiger partial charge in [-0.3, -0.25) is 9.59 Å². The van der Waals surface area contributed by atoms with Crippen molar-refractivity contribution in [3.05, 3.63) is 60.8 Å². The highest BCUT2D eigenvalue weighted by Crippen LogP contribution is 2.12.